The van der Waals surface area contributed by atoms with Gasteiger partial charge in [-0.3, -0.25) is 4.79 Å². The molecule has 2 aromatic heterocycles. The Morgan fingerprint density at radius 3 is 2.31 bits per heavy atom. The van der Waals surface area contributed by atoms with Gasteiger partial charge in [-0.2, -0.15) is 0 Å². The van der Waals surface area contributed by atoms with Crippen LogP contribution >= 0.6 is 11.3 Å². The van der Waals surface area contributed by atoms with E-state index in [0.717, 1.165) is 16.3 Å². The summed E-state index contributed by atoms with van der Waals surface area (Å²) < 4.78 is 7.88. The summed E-state index contributed by atoms with van der Waals surface area (Å²) in [4.78, 5) is 16.3. The maximum absolute atomic E-state index is 13.3. The molecule has 0 fully saturated rings. The summed E-state index contributed by atoms with van der Waals surface area (Å²) in [6.07, 6.45) is 2.00. The van der Waals surface area contributed by atoms with Gasteiger partial charge in [0.15, 0.2) is 0 Å². The van der Waals surface area contributed by atoms with Crippen molar-refractivity contribution < 1.29 is 9.53 Å². The third kappa shape index (κ3) is 4.76. The third-order valence-corrected chi connectivity index (χ3v) is 5.56. The molecule has 4 nitrogen and oxygen atoms in total. The molecule has 0 unspecified atom stereocenters. The van der Waals surface area contributed by atoms with Gasteiger partial charge in [-0.25, -0.2) is 0 Å². The van der Waals surface area contributed by atoms with Gasteiger partial charge in [0.1, 0.15) is 11.5 Å². The van der Waals surface area contributed by atoms with Gasteiger partial charge in [0.05, 0.1) is 13.1 Å². The molecule has 0 saturated carbocycles. The van der Waals surface area contributed by atoms with Crippen molar-refractivity contribution in [1.29, 1.82) is 0 Å². The van der Waals surface area contributed by atoms with Crippen molar-refractivity contribution in [2.24, 2.45) is 7.05 Å². The summed E-state index contributed by atoms with van der Waals surface area (Å²) in [5.41, 5.74) is 1.75. The zero-order chi connectivity index (χ0) is 20.1. The molecule has 146 valence electrons. The molecule has 0 aliphatic heterocycles. The predicted octanol–water partition coefficient (Wildman–Crippen LogP) is 5.72. The normalized spacial score (nSPS) is 10.7. The number of para-hydroxylation sites is 1. The van der Waals surface area contributed by atoms with E-state index in [0.29, 0.717) is 24.4 Å². The molecule has 4 rings (SSSR count). The SMILES string of the molecule is Cn1cccc1CN(Cc1cccs1)C(=O)c1ccc(Oc2ccccc2)cc1. The van der Waals surface area contributed by atoms with E-state index in [2.05, 4.69) is 6.07 Å². The first-order valence-electron chi connectivity index (χ1n) is 9.44. The quantitative estimate of drug-likeness (QED) is 0.396. The van der Waals surface area contributed by atoms with Crippen LogP contribution < -0.4 is 4.74 Å². The van der Waals surface area contributed by atoms with E-state index in [-0.39, 0.29) is 5.91 Å². The van der Waals surface area contributed by atoms with Crippen molar-refractivity contribution in [3.8, 4) is 11.5 Å². The second-order valence-electron chi connectivity index (χ2n) is 6.79. The van der Waals surface area contributed by atoms with Gasteiger partial charge >= 0.3 is 0 Å². The molecular weight excluding hydrogens is 380 g/mol. The predicted molar refractivity (Wildman–Crippen MR) is 116 cm³/mol. The van der Waals surface area contributed by atoms with Crippen LogP contribution in [-0.4, -0.2) is 15.4 Å². The van der Waals surface area contributed by atoms with Crippen LogP contribution in [-0.2, 0) is 20.1 Å². The molecule has 0 saturated heterocycles. The number of carbonyl (C=O) groups excluding carboxylic acids is 1. The van der Waals surface area contributed by atoms with Gasteiger partial charge in [-0.15, -0.1) is 11.3 Å². The van der Waals surface area contributed by atoms with Crippen molar-refractivity contribution in [2.45, 2.75) is 13.1 Å². The van der Waals surface area contributed by atoms with Crippen molar-refractivity contribution >= 4 is 17.2 Å². The van der Waals surface area contributed by atoms with E-state index in [1.807, 2.05) is 101 Å². The van der Waals surface area contributed by atoms with E-state index in [1.165, 1.54) is 0 Å². The molecule has 0 aliphatic rings. The lowest BCUT2D eigenvalue weighted by Crippen LogP contribution is -2.30. The highest BCUT2D eigenvalue weighted by atomic mass is 32.1. The van der Waals surface area contributed by atoms with Crippen LogP contribution in [0.15, 0.2) is 90.4 Å². The molecule has 0 spiro atoms. The topological polar surface area (TPSA) is 34.5 Å². The third-order valence-electron chi connectivity index (χ3n) is 4.70. The highest BCUT2D eigenvalue weighted by Crippen LogP contribution is 2.23. The molecule has 0 bridgehead atoms. The number of ether oxygens (including phenoxy) is 1. The number of benzene rings is 2. The number of aryl methyl sites for hydroxylation is 1. The van der Waals surface area contributed by atoms with E-state index < -0.39 is 0 Å². The minimum absolute atomic E-state index is 0.00543. The fraction of sp³-hybridized carbons (Fsp3) is 0.125. The molecular formula is C24H22N2O2S. The summed E-state index contributed by atoms with van der Waals surface area (Å²) in [5, 5.41) is 2.04. The molecule has 1 amide bonds. The van der Waals surface area contributed by atoms with Crippen LogP contribution in [0.5, 0.6) is 11.5 Å². The van der Waals surface area contributed by atoms with E-state index >= 15 is 0 Å². The summed E-state index contributed by atoms with van der Waals surface area (Å²) in [5.74, 6) is 1.49. The van der Waals surface area contributed by atoms with Crippen LogP contribution in [0, 0.1) is 0 Å². The van der Waals surface area contributed by atoms with Crippen LogP contribution in [0.1, 0.15) is 20.9 Å². The van der Waals surface area contributed by atoms with Gasteiger partial charge in [0.25, 0.3) is 5.91 Å². The van der Waals surface area contributed by atoms with Crippen molar-refractivity contribution in [3.63, 3.8) is 0 Å². The molecule has 2 aromatic carbocycles. The summed E-state index contributed by atoms with van der Waals surface area (Å²) in [6, 6.07) is 25.1. The highest BCUT2D eigenvalue weighted by Gasteiger charge is 2.18. The van der Waals surface area contributed by atoms with Crippen molar-refractivity contribution in [1.82, 2.24) is 9.47 Å². The maximum Gasteiger partial charge on any atom is 0.254 e. The summed E-state index contributed by atoms with van der Waals surface area (Å²) in [7, 11) is 2.00. The number of rotatable bonds is 7. The number of amides is 1. The Hall–Kier alpha value is -3.31. The lowest BCUT2D eigenvalue weighted by atomic mass is 10.1. The number of hydrogen-bond acceptors (Lipinski definition) is 3. The Morgan fingerprint density at radius 2 is 1.66 bits per heavy atom. The fourth-order valence-corrected chi connectivity index (χ4v) is 3.84. The first-order valence-corrected chi connectivity index (χ1v) is 10.3. The monoisotopic (exact) mass is 402 g/mol. The van der Waals surface area contributed by atoms with Crippen molar-refractivity contribution in [2.75, 3.05) is 0 Å². The Bertz CT molecular complexity index is 1050. The Morgan fingerprint density at radius 1 is 0.897 bits per heavy atom. The average Bonchev–Trinajstić information content (AvgIpc) is 3.40. The molecule has 5 heteroatoms. The second-order valence-corrected chi connectivity index (χ2v) is 7.82. The van der Waals surface area contributed by atoms with Crippen LogP contribution in [0.3, 0.4) is 0 Å². The Labute approximate surface area is 174 Å². The van der Waals surface area contributed by atoms with Gasteiger partial charge in [-0.1, -0.05) is 24.3 Å². The number of nitrogens with zero attached hydrogens (tertiary/aromatic N) is 2. The standard InChI is InChI=1S/C24H22N2O2S/c1-25-15-5-7-20(25)17-26(18-23-10-6-16-29-23)24(27)19-11-13-22(14-12-19)28-21-8-3-2-4-9-21/h2-16H,17-18H2,1H3. The van der Waals surface area contributed by atoms with Gasteiger partial charge in [0, 0.05) is 29.4 Å². The van der Waals surface area contributed by atoms with E-state index in [4.69, 9.17) is 4.74 Å². The van der Waals surface area contributed by atoms with Gasteiger partial charge in [0.2, 0.25) is 0 Å². The first kappa shape index (κ1) is 19.0. The largest absolute Gasteiger partial charge is 0.457 e. The second kappa shape index (κ2) is 8.80. The number of aromatic nitrogens is 1. The number of carbonyl (C=O) groups is 1. The molecule has 0 atom stereocenters. The molecule has 29 heavy (non-hydrogen) atoms. The molecule has 0 aliphatic carbocycles. The maximum atomic E-state index is 13.3. The Balaban J connectivity index is 1.52. The van der Waals surface area contributed by atoms with Crippen LogP contribution in [0.4, 0.5) is 0 Å². The molecule has 4 aromatic rings. The fourth-order valence-electron chi connectivity index (χ4n) is 3.12. The van der Waals surface area contributed by atoms with Crippen LogP contribution in [0.25, 0.3) is 0 Å². The average molecular weight is 403 g/mol. The summed E-state index contributed by atoms with van der Waals surface area (Å²) in [6.45, 7) is 1.15. The lowest BCUT2D eigenvalue weighted by molar-refractivity contribution is 0.0728. The highest BCUT2D eigenvalue weighted by molar-refractivity contribution is 7.09. The van der Waals surface area contributed by atoms with Crippen LogP contribution in [0.2, 0.25) is 0 Å². The van der Waals surface area contributed by atoms with Gasteiger partial charge < -0.3 is 14.2 Å². The zero-order valence-electron chi connectivity index (χ0n) is 16.2. The zero-order valence-corrected chi connectivity index (χ0v) is 17.0. The number of hydrogen-bond donors (Lipinski definition) is 0. The minimum atomic E-state index is 0.00543. The van der Waals surface area contributed by atoms with Gasteiger partial charge in [-0.05, 0) is 60.0 Å². The minimum Gasteiger partial charge on any atom is -0.457 e. The van der Waals surface area contributed by atoms with E-state index in [1.54, 1.807) is 11.3 Å². The Kier molecular flexibility index (Phi) is 5.77. The molecule has 0 N–H and O–H groups in total. The van der Waals surface area contributed by atoms with E-state index in [9.17, 15) is 4.79 Å². The lowest BCUT2D eigenvalue weighted by Gasteiger charge is -2.23. The molecule has 0 radical (unpaired) electrons. The van der Waals surface area contributed by atoms with Crippen molar-refractivity contribution in [3.05, 3.63) is 107 Å². The smallest absolute Gasteiger partial charge is 0.254 e. The summed E-state index contributed by atoms with van der Waals surface area (Å²) >= 11 is 1.66. The number of thiophene rings is 1. The first-order chi connectivity index (χ1) is 14.2. The molecule has 2 heterocycles.